The van der Waals surface area contributed by atoms with Crippen LogP contribution in [0, 0.1) is 17.0 Å². The van der Waals surface area contributed by atoms with Gasteiger partial charge in [-0.2, -0.15) is 0 Å². The van der Waals surface area contributed by atoms with Gasteiger partial charge in [0.15, 0.2) is 5.82 Å². The molecule has 0 spiro atoms. The first kappa shape index (κ1) is 10.6. The summed E-state index contributed by atoms with van der Waals surface area (Å²) in [6.07, 6.45) is 0. The molecule has 2 aromatic heterocycles. The number of aromatic nitrogens is 2. The van der Waals surface area contributed by atoms with Crippen LogP contribution in [0.5, 0.6) is 0 Å². The Morgan fingerprint density at radius 1 is 1.69 bits per heavy atom. The quantitative estimate of drug-likeness (QED) is 0.594. The fraction of sp³-hybridized carbons (Fsp3) is 0.250. The maximum atomic E-state index is 11.2. The molecule has 0 aromatic carbocycles. The minimum atomic E-state index is -0.564. The maximum Gasteiger partial charge on any atom is 0.441 e. The highest BCUT2D eigenvalue weighted by atomic mass is 32.1. The Morgan fingerprint density at radius 3 is 2.94 bits per heavy atom. The molecule has 84 valence electrons. The van der Waals surface area contributed by atoms with Crippen molar-refractivity contribution >= 4 is 16.3 Å². The van der Waals surface area contributed by atoms with Gasteiger partial charge in [0.1, 0.15) is 0 Å². The first-order chi connectivity index (χ1) is 7.58. The van der Waals surface area contributed by atoms with Crippen molar-refractivity contribution in [2.75, 3.05) is 0 Å². The van der Waals surface area contributed by atoms with Crippen molar-refractivity contribution in [2.45, 2.75) is 13.5 Å². The highest BCUT2D eigenvalue weighted by Crippen LogP contribution is 2.22. The van der Waals surface area contributed by atoms with Crippen molar-refractivity contribution < 1.29 is 9.45 Å². The SMILES string of the molecule is Cc1noc(=O)n1Cc1csc([N+](=O)[O-])c1. The first-order valence-corrected chi connectivity index (χ1v) is 5.21. The third-order valence-corrected chi connectivity index (χ3v) is 2.96. The molecule has 0 saturated carbocycles. The molecule has 16 heavy (non-hydrogen) atoms. The van der Waals surface area contributed by atoms with E-state index < -0.39 is 10.7 Å². The second-order valence-corrected chi connectivity index (χ2v) is 4.02. The lowest BCUT2D eigenvalue weighted by atomic mass is 10.3. The van der Waals surface area contributed by atoms with Crippen molar-refractivity contribution in [2.24, 2.45) is 0 Å². The molecule has 7 nitrogen and oxygen atoms in total. The molecular formula is C8H7N3O4S. The fourth-order valence-corrected chi connectivity index (χ4v) is 1.96. The van der Waals surface area contributed by atoms with Crippen molar-refractivity contribution in [1.82, 2.24) is 9.72 Å². The molecule has 0 unspecified atom stereocenters. The third kappa shape index (κ3) is 1.87. The summed E-state index contributed by atoms with van der Waals surface area (Å²) in [4.78, 5) is 21.2. The topological polar surface area (TPSA) is 91.2 Å². The van der Waals surface area contributed by atoms with Crippen LogP contribution in [0.3, 0.4) is 0 Å². The molecular weight excluding hydrogens is 234 g/mol. The van der Waals surface area contributed by atoms with Crippen LogP contribution < -0.4 is 5.76 Å². The Hall–Kier alpha value is -1.96. The summed E-state index contributed by atoms with van der Waals surface area (Å²) in [5.74, 6) is -0.120. The van der Waals surface area contributed by atoms with Gasteiger partial charge in [0, 0.05) is 11.4 Å². The van der Waals surface area contributed by atoms with Gasteiger partial charge >= 0.3 is 10.8 Å². The van der Waals surface area contributed by atoms with E-state index in [0.717, 1.165) is 11.3 Å². The number of aryl methyl sites for hydroxylation is 1. The summed E-state index contributed by atoms with van der Waals surface area (Å²) >= 11 is 1.03. The standard InChI is InChI=1S/C8H7N3O4S/c1-5-9-15-8(12)10(5)3-6-2-7(11(13)14)16-4-6/h2,4H,3H2,1H3. The van der Waals surface area contributed by atoms with Gasteiger partial charge in [0.2, 0.25) is 0 Å². The minimum absolute atomic E-state index is 0.0529. The molecule has 8 heteroatoms. The molecule has 0 saturated heterocycles. The first-order valence-electron chi connectivity index (χ1n) is 4.33. The summed E-state index contributed by atoms with van der Waals surface area (Å²) in [5.41, 5.74) is 0.685. The van der Waals surface area contributed by atoms with E-state index >= 15 is 0 Å². The Kier molecular flexibility index (Phi) is 2.57. The Morgan fingerprint density at radius 2 is 2.44 bits per heavy atom. The van der Waals surface area contributed by atoms with E-state index in [1.165, 1.54) is 10.6 Å². The highest BCUT2D eigenvalue weighted by Gasteiger charge is 2.12. The molecule has 0 atom stereocenters. The zero-order valence-corrected chi connectivity index (χ0v) is 9.06. The van der Waals surface area contributed by atoms with Crippen molar-refractivity contribution in [3.63, 3.8) is 0 Å². The third-order valence-electron chi connectivity index (χ3n) is 2.03. The van der Waals surface area contributed by atoms with Crippen molar-refractivity contribution in [1.29, 1.82) is 0 Å². The van der Waals surface area contributed by atoms with Crippen molar-refractivity contribution in [3.8, 4) is 0 Å². The molecule has 0 N–H and O–H groups in total. The lowest BCUT2D eigenvalue weighted by Crippen LogP contribution is -2.16. The average Bonchev–Trinajstić information content (AvgIpc) is 2.80. The van der Waals surface area contributed by atoms with E-state index in [0.29, 0.717) is 11.4 Å². The highest BCUT2D eigenvalue weighted by molar-refractivity contribution is 7.13. The molecule has 0 aliphatic heterocycles. The smallest absolute Gasteiger partial charge is 0.296 e. The van der Waals surface area contributed by atoms with E-state index in [1.807, 2.05) is 0 Å². The van der Waals surface area contributed by atoms with E-state index in [1.54, 1.807) is 12.3 Å². The Labute approximate surface area is 93.1 Å². The molecule has 2 heterocycles. The van der Waals surface area contributed by atoms with Crippen LogP contribution in [0.1, 0.15) is 11.4 Å². The second kappa shape index (κ2) is 3.89. The monoisotopic (exact) mass is 241 g/mol. The van der Waals surface area contributed by atoms with Crippen molar-refractivity contribution in [3.05, 3.63) is 43.5 Å². The van der Waals surface area contributed by atoms with E-state index in [-0.39, 0.29) is 11.5 Å². The molecule has 0 bridgehead atoms. The predicted molar refractivity (Wildman–Crippen MR) is 55.6 cm³/mol. The number of rotatable bonds is 3. The van der Waals surface area contributed by atoms with Gasteiger partial charge in [-0.25, -0.2) is 4.79 Å². The van der Waals surface area contributed by atoms with Gasteiger partial charge in [0.25, 0.3) is 0 Å². The predicted octanol–water partition coefficient (Wildman–Crippen LogP) is 1.16. The van der Waals surface area contributed by atoms with E-state index in [9.17, 15) is 14.9 Å². The molecule has 2 aromatic rings. The van der Waals surface area contributed by atoms with Crippen LogP contribution in [-0.4, -0.2) is 14.6 Å². The Bertz CT molecular complexity index is 582. The molecule has 0 radical (unpaired) electrons. The normalized spacial score (nSPS) is 10.6. The van der Waals surface area contributed by atoms with Crippen LogP contribution in [0.4, 0.5) is 5.00 Å². The van der Waals surface area contributed by atoms with Gasteiger partial charge in [-0.05, 0) is 12.5 Å². The molecule has 0 amide bonds. The molecule has 0 aliphatic carbocycles. The zero-order chi connectivity index (χ0) is 11.7. The van der Waals surface area contributed by atoms with Gasteiger partial charge in [-0.3, -0.25) is 19.2 Å². The van der Waals surface area contributed by atoms with Gasteiger partial charge in [-0.1, -0.05) is 16.5 Å². The second-order valence-electron chi connectivity index (χ2n) is 3.13. The molecule has 0 fully saturated rings. The summed E-state index contributed by atoms with van der Waals surface area (Å²) in [6, 6.07) is 1.43. The van der Waals surface area contributed by atoms with Crippen LogP contribution in [-0.2, 0) is 6.54 Å². The van der Waals surface area contributed by atoms with Gasteiger partial charge in [0.05, 0.1) is 11.5 Å². The number of thiophene rings is 1. The van der Waals surface area contributed by atoms with Crippen LogP contribution in [0.2, 0.25) is 0 Å². The van der Waals surface area contributed by atoms with Crippen LogP contribution in [0.15, 0.2) is 20.8 Å². The lowest BCUT2D eigenvalue weighted by Gasteiger charge is -1.96. The largest absolute Gasteiger partial charge is 0.441 e. The number of hydrogen-bond donors (Lipinski definition) is 0. The maximum absolute atomic E-state index is 11.2. The van der Waals surface area contributed by atoms with E-state index in [2.05, 4.69) is 9.68 Å². The summed E-state index contributed by atoms with van der Waals surface area (Å²) in [7, 11) is 0. The Balaban J connectivity index is 2.27. The molecule has 0 aliphatic rings. The van der Waals surface area contributed by atoms with Crippen LogP contribution >= 0.6 is 11.3 Å². The van der Waals surface area contributed by atoms with E-state index in [4.69, 9.17) is 0 Å². The lowest BCUT2D eigenvalue weighted by molar-refractivity contribution is -0.380. The molecule has 2 rings (SSSR count). The van der Waals surface area contributed by atoms with Crippen LogP contribution in [0.25, 0.3) is 0 Å². The minimum Gasteiger partial charge on any atom is -0.296 e. The van der Waals surface area contributed by atoms with Gasteiger partial charge < -0.3 is 0 Å². The zero-order valence-electron chi connectivity index (χ0n) is 8.24. The number of hydrogen-bond acceptors (Lipinski definition) is 6. The average molecular weight is 241 g/mol. The summed E-state index contributed by atoms with van der Waals surface area (Å²) < 4.78 is 5.76. The number of nitro groups is 1. The summed E-state index contributed by atoms with van der Waals surface area (Å²) in [5, 5.41) is 15.7. The number of nitrogens with zero attached hydrogens (tertiary/aromatic N) is 3. The van der Waals surface area contributed by atoms with Gasteiger partial charge in [-0.15, -0.1) is 0 Å². The summed E-state index contributed by atoms with van der Waals surface area (Å²) in [6.45, 7) is 1.87. The fourth-order valence-electron chi connectivity index (χ4n) is 1.24.